The van der Waals surface area contributed by atoms with Crippen molar-refractivity contribution in [3.8, 4) is 0 Å². The zero-order valence-corrected chi connectivity index (χ0v) is 14.4. The number of carbonyl (C=O) groups excluding carboxylic acids is 1. The zero-order chi connectivity index (χ0) is 17.8. The van der Waals surface area contributed by atoms with Gasteiger partial charge in [-0.1, -0.05) is 6.92 Å². The summed E-state index contributed by atoms with van der Waals surface area (Å²) in [5, 5.41) is 2.83. The Labute approximate surface area is 145 Å². The Kier molecular flexibility index (Phi) is 5.07. The summed E-state index contributed by atoms with van der Waals surface area (Å²) in [6.07, 6.45) is 3.56. The maximum atomic E-state index is 13.1. The number of nitrogens with zero attached hydrogens (tertiary/aromatic N) is 3. The van der Waals surface area contributed by atoms with E-state index < -0.39 is 0 Å². The van der Waals surface area contributed by atoms with Crippen LogP contribution >= 0.6 is 0 Å². The lowest BCUT2D eigenvalue weighted by molar-refractivity contribution is -0.116. The van der Waals surface area contributed by atoms with Crippen molar-refractivity contribution in [3.63, 3.8) is 0 Å². The Hall–Kier alpha value is -2.76. The number of aromatic nitrogens is 3. The zero-order valence-electron chi connectivity index (χ0n) is 14.4. The molecule has 2 heterocycles. The number of halogens is 1. The molecule has 1 aromatic carbocycles. The van der Waals surface area contributed by atoms with Gasteiger partial charge in [0.1, 0.15) is 17.2 Å². The summed E-state index contributed by atoms with van der Waals surface area (Å²) >= 11 is 0. The largest absolute Gasteiger partial charge is 0.326 e. The van der Waals surface area contributed by atoms with Gasteiger partial charge in [0.2, 0.25) is 5.91 Å². The van der Waals surface area contributed by atoms with E-state index in [-0.39, 0.29) is 11.7 Å². The number of fused-ring (bicyclic) bond motifs is 1. The molecular weight excluding hydrogens is 319 g/mol. The van der Waals surface area contributed by atoms with Gasteiger partial charge in [-0.3, -0.25) is 4.79 Å². The van der Waals surface area contributed by atoms with E-state index in [9.17, 15) is 9.18 Å². The molecule has 5 nitrogen and oxygen atoms in total. The number of hydrogen-bond donors (Lipinski definition) is 1. The molecular formula is C19H21FN4O. The Morgan fingerprint density at radius 1 is 1.32 bits per heavy atom. The van der Waals surface area contributed by atoms with Crippen LogP contribution in [-0.2, 0) is 17.8 Å². The van der Waals surface area contributed by atoms with Gasteiger partial charge < -0.3 is 9.88 Å². The minimum atomic E-state index is -0.309. The molecule has 0 unspecified atom stereocenters. The highest BCUT2D eigenvalue weighted by Crippen LogP contribution is 2.18. The highest BCUT2D eigenvalue weighted by atomic mass is 19.1. The molecule has 0 saturated carbocycles. The normalized spacial score (nSPS) is 11.0. The van der Waals surface area contributed by atoms with Crippen molar-refractivity contribution in [1.29, 1.82) is 0 Å². The fourth-order valence-electron chi connectivity index (χ4n) is 2.86. The molecule has 0 fully saturated rings. The maximum Gasteiger partial charge on any atom is 0.224 e. The first-order valence-electron chi connectivity index (χ1n) is 8.44. The van der Waals surface area contributed by atoms with E-state index in [0.29, 0.717) is 24.1 Å². The number of aryl methyl sites for hydroxylation is 3. The van der Waals surface area contributed by atoms with Gasteiger partial charge in [0, 0.05) is 31.3 Å². The molecule has 1 amide bonds. The maximum absolute atomic E-state index is 13.1. The van der Waals surface area contributed by atoms with Gasteiger partial charge in [-0.15, -0.1) is 0 Å². The number of anilines is 1. The van der Waals surface area contributed by atoms with Crippen LogP contribution in [0.2, 0.25) is 0 Å². The van der Waals surface area contributed by atoms with Crippen molar-refractivity contribution in [2.45, 2.75) is 39.7 Å². The predicted octanol–water partition coefficient (Wildman–Crippen LogP) is 3.86. The molecule has 25 heavy (non-hydrogen) atoms. The number of carbonyl (C=O) groups is 1. The molecule has 0 saturated heterocycles. The highest BCUT2D eigenvalue weighted by Gasteiger charge is 2.13. The molecule has 0 spiro atoms. The number of pyridine rings is 1. The molecule has 3 rings (SSSR count). The molecule has 2 aromatic heterocycles. The fraction of sp³-hybridized carbons (Fsp3) is 0.316. The van der Waals surface area contributed by atoms with E-state index in [4.69, 9.17) is 0 Å². The van der Waals surface area contributed by atoms with Crippen LogP contribution in [0.25, 0.3) is 11.2 Å². The second kappa shape index (κ2) is 7.42. The van der Waals surface area contributed by atoms with Crippen molar-refractivity contribution in [2.24, 2.45) is 0 Å². The van der Waals surface area contributed by atoms with Crippen LogP contribution in [0.15, 0.2) is 36.5 Å². The molecule has 1 N–H and O–H groups in total. The fourth-order valence-corrected chi connectivity index (χ4v) is 2.86. The average molecular weight is 340 g/mol. The second-order valence-corrected chi connectivity index (χ2v) is 6.03. The van der Waals surface area contributed by atoms with E-state index in [2.05, 4.69) is 26.8 Å². The van der Waals surface area contributed by atoms with Crippen LogP contribution in [0.5, 0.6) is 0 Å². The van der Waals surface area contributed by atoms with Gasteiger partial charge in [0.25, 0.3) is 0 Å². The molecule has 0 aliphatic heterocycles. The molecule has 6 heteroatoms. The standard InChI is InChI=1S/C19H21FN4O/c1-3-11-24-17(22-16-5-4-10-21-19(16)24)8-9-18(25)23-15-7-6-14(20)12-13(15)2/h4-7,10,12H,3,8-9,11H2,1-2H3,(H,23,25). The Morgan fingerprint density at radius 2 is 2.16 bits per heavy atom. The van der Waals surface area contributed by atoms with E-state index in [0.717, 1.165) is 30.0 Å². The smallest absolute Gasteiger partial charge is 0.224 e. The Bertz CT molecular complexity index is 904. The lowest BCUT2D eigenvalue weighted by Crippen LogP contribution is -2.15. The molecule has 0 atom stereocenters. The first-order chi connectivity index (χ1) is 12.1. The quantitative estimate of drug-likeness (QED) is 0.741. The van der Waals surface area contributed by atoms with E-state index >= 15 is 0 Å². The van der Waals surface area contributed by atoms with Crippen molar-refractivity contribution in [1.82, 2.24) is 14.5 Å². The van der Waals surface area contributed by atoms with Crippen LogP contribution < -0.4 is 5.32 Å². The average Bonchev–Trinajstić information content (AvgIpc) is 2.94. The minimum absolute atomic E-state index is 0.113. The molecule has 130 valence electrons. The van der Waals surface area contributed by atoms with Gasteiger partial charge in [-0.25, -0.2) is 14.4 Å². The van der Waals surface area contributed by atoms with Gasteiger partial charge in [0.15, 0.2) is 5.65 Å². The number of rotatable bonds is 6. The summed E-state index contributed by atoms with van der Waals surface area (Å²) in [5.41, 5.74) is 3.04. The third kappa shape index (κ3) is 3.84. The first kappa shape index (κ1) is 17.1. The number of imidazole rings is 1. The van der Waals surface area contributed by atoms with Gasteiger partial charge in [-0.2, -0.15) is 0 Å². The van der Waals surface area contributed by atoms with Crippen molar-refractivity contribution < 1.29 is 9.18 Å². The highest BCUT2D eigenvalue weighted by molar-refractivity contribution is 5.91. The summed E-state index contributed by atoms with van der Waals surface area (Å²) < 4.78 is 15.2. The summed E-state index contributed by atoms with van der Waals surface area (Å²) in [6, 6.07) is 8.12. The van der Waals surface area contributed by atoms with Crippen molar-refractivity contribution in [2.75, 3.05) is 5.32 Å². The van der Waals surface area contributed by atoms with Gasteiger partial charge in [0.05, 0.1) is 0 Å². The summed E-state index contributed by atoms with van der Waals surface area (Å²) in [7, 11) is 0. The molecule has 3 aromatic rings. The molecule has 0 bridgehead atoms. The second-order valence-electron chi connectivity index (χ2n) is 6.03. The monoisotopic (exact) mass is 340 g/mol. The molecule has 0 radical (unpaired) electrons. The van der Waals surface area contributed by atoms with Crippen LogP contribution in [0.3, 0.4) is 0 Å². The predicted molar refractivity (Wildman–Crippen MR) is 95.9 cm³/mol. The topological polar surface area (TPSA) is 59.8 Å². The number of nitrogens with one attached hydrogen (secondary N) is 1. The number of benzene rings is 1. The number of amides is 1. The molecule has 0 aliphatic rings. The SMILES string of the molecule is CCCn1c(CCC(=O)Nc2ccc(F)cc2C)nc2cccnc21. The van der Waals surface area contributed by atoms with Crippen LogP contribution in [-0.4, -0.2) is 20.4 Å². The third-order valence-corrected chi connectivity index (χ3v) is 4.07. The van der Waals surface area contributed by atoms with Crippen molar-refractivity contribution in [3.05, 3.63) is 53.7 Å². The van der Waals surface area contributed by atoms with Gasteiger partial charge in [-0.05, 0) is 49.2 Å². The Balaban J connectivity index is 1.71. The van der Waals surface area contributed by atoms with Crippen LogP contribution in [0.4, 0.5) is 10.1 Å². The van der Waals surface area contributed by atoms with E-state index in [1.54, 1.807) is 19.2 Å². The summed E-state index contributed by atoms with van der Waals surface area (Å²) in [5.74, 6) is 0.440. The lowest BCUT2D eigenvalue weighted by Gasteiger charge is -2.09. The third-order valence-electron chi connectivity index (χ3n) is 4.07. The minimum Gasteiger partial charge on any atom is -0.326 e. The van der Waals surface area contributed by atoms with Crippen molar-refractivity contribution >= 4 is 22.8 Å². The molecule has 0 aliphatic carbocycles. The van der Waals surface area contributed by atoms with E-state index in [1.165, 1.54) is 12.1 Å². The van der Waals surface area contributed by atoms with Gasteiger partial charge >= 0.3 is 0 Å². The lowest BCUT2D eigenvalue weighted by atomic mass is 10.2. The Morgan fingerprint density at radius 3 is 2.92 bits per heavy atom. The first-order valence-corrected chi connectivity index (χ1v) is 8.44. The van der Waals surface area contributed by atoms with E-state index in [1.807, 2.05) is 12.1 Å². The number of hydrogen-bond acceptors (Lipinski definition) is 3. The summed E-state index contributed by atoms with van der Waals surface area (Å²) in [4.78, 5) is 21.3. The van der Waals surface area contributed by atoms with Crippen LogP contribution in [0, 0.1) is 12.7 Å². The van der Waals surface area contributed by atoms with Crippen LogP contribution in [0.1, 0.15) is 31.2 Å². The summed E-state index contributed by atoms with van der Waals surface area (Å²) in [6.45, 7) is 4.69.